The van der Waals surface area contributed by atoms with Crippen molar-refractivity contribution in [2.45, 2.75) is 54.0 Å². The van der Waals surface area contributed by atoms with Gasteiger partial charge in [-0.25, -0.2) is 0 Å². The molecule has 2 unspecified atom stereocenters. The van der Waals surface area contributed by atoms with Crippen LogP contribution in [0.4, 0.5) is 0 Å². The summed E-state index contributed by atoms with van der Waals surface area (Å²) in [5.74, 6) is 0.729. The molecule has 0 bridgehead atoms. The van der Waals surface area contributed by atoms with E-state index in [1.54, 1.807) is 0 Å². The van der Waals surface area contributed by atoms with E-state index in [4.69, 9.17) is 0 Å². The Labute approximate surface area is 96.2 Å². The second-order valence-corrected chi connectivity index (χ2v) is 5.72. The quantitative estimate of drug-likeness (QED) is 0.637. The Morgan fingerprint density at radius 2 is 1.73 bits per heavy atom. The van der Waals surface area contributed by atoms with Gasteiger partial charge < -0.3 is 10.6 Å². The predicted octanol–water partition coefficient (Wildman–Crippen LogP) is 2.65. The number of nitrogens with one attached hydrogen (secondary N) is 2. The van der Waals surface area contributed by atoms with E-state index >= 15 is 0 Å². The van der Waals surface area contributed by atoms with Gasteiger partial charge in [-0.3, -0.25) is 0 Å². The second-order valence-electron chi connectivity index (χ2n) is 5.72. The van der Waals surface area contributed by atoms with Crippen LogP contribution in [0.3, 0.4) is 0 Å². The van der Waals surface area contributed by atoms with Gasteiger partial charge in [0.2, 0.25) is 0 Å². The Balaban J connectivity index is 3.46. The maximum Gasteiger partial charge on any atom is 0.00506 e. The lowest BCUT2D eigenvalue weighted by molar-refractivity contribution is 0.252. The molecule has 0 aliphatic carbocycles. The molecule has 0 rings (SSSR count). The fourth-order valence-corrected chi connectivity index (χ4v) is 1.39. The molecule has 2 atom stereocenters. The zero-order valence-corrected chi connectivity index (χ0v) is 11.5. The van der Waals surface area contributed by atoms with Crippen molar-refractivity contribution in [1.29, 1.82) is 0 Å². The van der Waals surface area contributed by atoms with Gasteiger partial charge in [0.15, 0.2) is 0 Å². The van der Waals surface area contributed by atoms with Crippen molar-refractivity contribution in [2.75, 3.05) is 19.6 Å². The van der Waals surface area contributed by atoms with E-state index < -0.39 is 0 Å². The third-order valence-electron chi connectivity index (χ3n) is 3.24. The normalized spacial score (nSPS) is 16.4. The standard InChI is InChI=1S/C13H30N2/c1-7-15-12(3)8-9-14-10-11(2)13(4,5)6/h11-12,14-15H,7-10H2,1-6H3. The summed E-state index contributed by atoms with van der Waals surface area (Å²) in [4.78, 5) is 0. The Hall–Kier alpha value is -0.0800. The molecule has 2 nitrogen and oxygen atoms in total. The van der Waals surface area contributed by atoms with E-state index in [9.17, 15) is 0 Å². The molecule has 2 N–H and O–H groups in total. The summed E-state index contributed by atoms with van der Waals surface area (Å²) in [7, 11) is 0. The van der Waals surface area contributed by atoms with E-state index in [1.807, 2.05) is 0 Å². The third-order valence-corrected chi connectivity index (χ3v) is 3.24. The van der Waals surface area contributed by atoms with Crippen LogP contribution < -0.4 is 10.6 Å². The lowest BCUT2D eigenvalue weighted by atomic mass is 9.82. The minimum absolute atomic E-state index is 0.417. The highest BCUT2D eigenvalue weighted by molar-refractivity contribution is 4.72. The van der Waals surface area contributed by atoms with E-state index in [2.05, 4.69) is 52.2 Å². The van der Waals surface area contributed by atoms with Gasteiger partial charge in [-0.1, -0.05) is 34.6 Å². The Kier molecular flexibility index (Phi) is 7.20. The minimum atomic E-state index is 0.417. The van der Waals surface area contributed by atoms with Crippen LogP contribution >= 0.6 is 0 Å². The average Bonchev–Trinajstić information content (AvgIpc) is 2.11. The van der Waals surface area contributed by atoms with Crippen molar-refractivity contribution in [3.63, 3.8) is 0 Å². The van der Waals surface area contributed by atoms with Gasteiger partial charge in [0.1, 0.15) is 0 Å². The van der Waals surface area contributed by atoms with E-state index in [1.165, 1.54) is 6.42 Å². The van der Waals surface area contributed by atoms with Crippen LogP contribution in [0.15, 0.2) is 0 Å². The smallest absolute Gasteiger partial charge is 0.00506 e. The van der Waals surface area contributed by atoms with Crippen LogP contribution in [0.5, 0.6) is 0 Å². The van der Waals surface area contributed by atoms with Crippen LogP contribution in [0.1, 0.15) is 48.0 Å². The molecule has 0 saturated heterocycles. The van der Waals surface area contributed by atoms with Gasteiger partial charge in [0.05, 0.1) is 0 Å². The van der Waals surface area contributed by atoms with Gasteiger partial charge in [0, 0.05) is 6.04 Å². The zero-order valence-electron chi connectivity index (χ0n) is 11.5. The Morgan fingerprint density at radius 1 is 1.13 bits per heavy atom. The first-order chi connectivity index (χ1) is 6.88. The summed E-state index contributed by atoms with van der Waals surface area (Å²) in [6.07, 6.45) is 1.21. The molecular weight excluding hydrogens is 184 g/mol. The highest BCUT2D eigenvalue weighted by atomic mass is 14.9. The highest BCUT2D eigenvalue weighted by Gasteiger charge is 2.18. The molecule has 2 heteroatoms. The van der Waals surface area contributed by atoms with Crippen LogP contribution in [-0.4, -0.2) is 25.7 Å². The minimum Gasteiger partial charge on any atom is -0.316 e. The molecule has 0 spiro atoms. The van der Waals surface area contributed by atoms with Crippen molar-refractivity contribution >= 4 is 0 Å². The summed E-state index contributed by atoms with van der Waals surface area (Å²) in [5.41, 5.74) is 0.417. The molecule has 0 aromatic carbocycles. The molecule has 0 aliphatic rings. The largest absolute Gasteiger partial charge is 0.316 e. The first kappa shape index (κ1) is 14.9. The molecule has 0 fully saturated rings. The molecule has 92 valence electrons. The second kappa shape index (κ2) is 7.24. The molecular formula is C13H30N2. The fourth-order valence-electron chi connectivity index (χ4n) is 1.39. The fraction of sp³-hybridized carbons (Fsp3) is 1.00. The van der Waals surface area contributed by atoms with Crippen molar-refractivity contribution in [2.24, 2.45) is 11.3 Å². The summed E-state index contributed by atoms with van der Waals surface area (Å²) < 4.78 is 0. The summed E-state index contributed by atoms with van der Waals surface area (Å²) >= 11 is 0. The van der Waals surface area contributed by atoms with Crippen molar-refractivity contribution in [3.8, 4) is 0 Å². The van der Waals surface area contributed by atoms with Gasteiger partial charge in [-0.15, -0.1) is 0 Å². The first-order valence-electron chi connectivity index (χ1n) is 6.32. The van der Waals surface area contributed by atoms with Crippen LogP contribution in [0.2, 0.25) is 0 Å². The van der Waals surface area contributed by atoms with Crippen molar-refractivity contribution in [1.82, 2.24) is 10.6 Å². The molecule has 0 aromatic rings. The molecule has 0 saturated carbocycles. The van der Waals surface area contributed by atoms with E-state index in [-0.39, 0.29) is 0 Å². The van der Waals surface area contributed by atoms with Crippen molar-refractivity contribution in [3.05, 3.63) is 0 Å². The number of hydrogen-bond donors (Lipinski definition) is 2. The maximum absolute atomic E-state index is 3.54. The number of rotatable bonds is 7. The topological polar surface area (TPSA) is 24.1 Å². The van der Waals surface area contributed by atoms with Crippen molar-refractivity contribution < 1.29 is 0 Å². The lowest BCUT2D eigenvalue weighted by Gasteiger charge is -2.27. The van der Waals surface area contributed by atoms with Crippen LogP contribution in [0, 0.1) is 11.3 Å². The summed E-state index contributed by atoms with van der Waals surface area (Å²) in [6.45, 7) is 17.0. The van der Waals surface area contributed by atoms with Gasteiger partial charge in [-0.05, 0) is 44.3 Å². The molecule has 15 heavy (non-hydrogen) atoms. The first-order valence-corrected chi connectivity index (χ1v) is 6.32. The molecule has 0 amide bonds. The van der Waals surface area contributed by atoms with E-state index in [0.29, 0.717) is 11.5 Å². The van der Waals surface area contributed by atoms with Crippen LogP contribution in [-0.2, 0) is 0 Å². The monoisotopic (exact) mass is 214 g/mol. The summed E-state index contributed by atoms with van der Waals surface area (Å²) in [5, 5.41) is 6.96. The van der Waals surface area contributed by atoms with Gasteiger partial charge >= 0.3 is 0 Å². The zero-order chi connectivity index (χ0) is 11.9. The molecule has 0 aromatic heterocycles. The summed E-state index contributed by atoms with van der Waals surface area (Å²) in [6, 6.07) is 0.632. The molecule has 0 aliphatic heterocycles. The Bertz CT molecular complexity index is 149. The average molecular weight is 214 g/mol. The van der Waals surface area contributed by atoms with Crippen LogP contribution in [0.25, 0.3) is 0 Å². The van der Waals surface area contributed by atoms with Gasteiger partial charge in [-0.2, -0.15) is 0 Å². The molecule has 0 heterocycles. The maximum atomic E-state index is 3.54. The SMILES string of the molecule is CCNC(C)CCNCC(C)C(C)(C)C. The Morgan fingerprint density at radius 3 is 2.20 bits per heavy atom. The van der Waals surface area contributed by atoms with Gasteiger partial charge in [0.25, 0.3) is 0 Å². The predicted molar refractivity (Wildman–Crippen MR) is 69.2 cm³/mol. The number of hydrogen-bond acceptors (Lipinski definition) is 2. The van der Waals surface area contributed by atoms with E-state index in [0.717, 1.165) is 25.6 Å². The third kappa shape index (κ3) is 7.80. The lowest BCUT2D eigenvalue weighted by Crippen LogP contribution is -2.33. The molecule has 0 radical (unpaired) electrons. The highest BCUT2D eigenvalue weighted by Crippen LogP contribution is 2.24.